The summed E-state index contributed by atoms with van der Waals surface area (Å²) in [6, 6.07) is 18.1. The van der Waals surface area contributed by atoms with Gasteiger partial charge < -0.3 is 9.47 Å². The third-order valence-corrected chi connectivity index (χ3v) is 6.40. The van der Waals surface area contributed by atoms with Crippen LogP contribution in [0.4, 0.5) is 0 Å². The van der Waals surface area contributed by atoms with Gasteiger partial charge >= 0.3 is 5.97 Å². The molecule has 3 N–H and O–H groups in total. The molecule has 3 aromatic rings. The van der Waals surface area contributed by atoms with Gasteiger partial charge in [-0.1, -0.05) is 35.9 Å². The van der Waals surface area contributed by atoms with Crippen LogP contribution >= 0.6 is 0 Å². The number of hydrogen-bond donors (Lipinski definition) is 3. The van der Waals surface area contributed by atoms with Crippen LogP contribution in [0.25, 0.3) is 0 Å². The highest BCUT2D eigenvalue weighted by Crippen LogP contribution is 2.23. The van der Waals surface area contributed by atoms with Gasteiger partial charge in [0.2, 0.25) is 10.0 Å². The van der Waals surface area contributed by atoms with Crippen LogP contribution in [0.2, 0.25) is 0 Å². The van der Waals surface area contributed by atoms with Crippen molar-refractivity contribution in [3.05, 3.63) is 89.5 Å². The van der Waals surface area contributed by atoms with Crippen LogP contribution in [0, 0.1) is 6.92 Å². The molecule has 0 aliphatic carbocycles. The van der Waals surface area contributed by atoms with Crippen molar-refractivity contribution in [1.82, 2.24) is 10.2 Å². The molecule has 178 valence electrons. The Morgan fingerprint density at radius 1 is 0.971 bits per heavy atom. The summed E-state index contributed by atoms with van der Waals surface area (Å²) in [5.41, 5.74) is 3.36. The number of rotatable bonds is 9. The van der Waals surface area contributed by atoms with Gasteiger partial charge in [-0.2, -0.15) is 4.72 Å². The number of ether oxygens (including phenoxy) is 2. The Hall–Kier alpha value is -3.73. The van der Waals surface area contributed by atoms with Crippen LogP contribution in [0.5, 0.6) is 11.5 Å². The van der Waals surface area contributed by atoms with E-state index in [1.54, 1.807) is 54.0 Å². The van der Waals surface area contributed by atoms with E-state index in [-0.39, 0.29) is 16.9 Å². The Bertz CT molecular complexity index is 1260. The van der Waals surface area contributed by atoms with Gasteiger partial charge in [0.1, 0.15) is 17.5 Å². The maximum Gasteiger partial charge on any atom is 0.324 e. The fourth-order valence-electron chi connectivity index (χ4n) is 3.12. The molecule has 0 radical (unpaired) electrons. The largest absolute Gasteiger partial charge is 0.468 e. The second-order valence-corrected chi connectivity index (χ2v) is 9.14. The number of hydrogen-bond acceptors (Lipinski definition) is 7. The number of methoxy groups -OCH3 is 1. The first-order valence-electron chi connectivity index (χ1n) is 10.2. The van der Waals surface area contributed by atoms with Gasteiger partial charge in [0.25, 0.3) is 5.91 Å². The lowest BCUT2D eigenvalue weighted by molar-refractivity contribution is -0.142. The van der Waals surface area contributed by atoms with Crippen molar-refractivity contribution in [2.45, 2.75) is 24.3 Å². The molecular weight excluding hydrogens is 460 g/mol. The number of amides is 1. The zero-order valence-electron chi connectivity index (χ0n) is 18.5. The Balaban J connectivity index is 1.72. The quantitative estimate of drug-likeness (QED) is 0.242. The van der Waals surface area contributed by atoms with E-state index in [1.807, 2.05) is 6.92 Å². The molecular formula is C24H24N2O7S. The number of hydroxylamine groups is 1. The predicted octanol–water partition coefficient (Wildman–Crippen LogP) is 2.97. The standard InChI is InChI=1S/C24H24N2O7S/c1-16-6-12-21(13-7-16)34(30,31)26-22(24(28)32-2)14-17-8-10-19(11-9-17)33-20-5-3-4-18(15-20)23(27)25-29/h3-13,15,22,26,29H,14H2,1-2H3,(H,25,27). The second-order valence-electron chi connectivity index (χ2n) is 7.43. The highest BCUT2D eigenvalue weighted by atomic mass is 32.2. The summed E-state index contributed by atoms with van der Waals surface area (Å²) < 4.78 is 38.4. The number of nitrogens with one attached hydrogen (secondary N) is 2. The normalized spacial score (nSPS) is 12.0. The summed E-state index contributed by atoms with van der Waals surface area (Å²) in [4.78, 5) is 23.9. The van der Waals surface area contributed by atoms with Crippen LogP contribution in [-0.4, -0.2) is 38.7 Å². The molecule has 0 aliphatic heterocycles. The molecule has 0 spiro atoms. The van der Waals surface area contributed by atoms with Crippen molar-refractivity contribution < 1.29 is 32.7 Å². The molecule has 0 bridgehead atoms. The highest BCUT2D eigenvalue weighted by molar-refractivity contribution is 7.89. The van der Waals surface area contributed by atoms with Crippen LogP contribution in [-0.2, 0) is 26.0 Å². The summed E-state index contributed by atoms with van der Waals surface area (Å²) in [6.45, 7) is 1.84. The monoisotopic (exact) mass is 484 g/mol. The first-order chi connectivity index (χ1) is 16.2. The average Bonchev–Trinajstić information content (AvgIpc) is 2.84. The molecule has 10 heteroatoms. The van der Waals surface area contributed by atoms with Gasteiger partial charge in [-0.05, 0) is 61.4 Å². The number of esters is 1. The summed E-state index contributed by atoms with van der Waals surface area (Å²) in [5, 5.41) is 8.76. The number of aryl methyl sites for hydroxylation is 1. The number of sulfonamides is 1. The first-order valence-corrected chi connectivity index (χ1v) is 11.7. The molecule has 3 aromatic carbocycles. The average molecular weight is 485 g/mol. The van der Waals surface area contributed by atoms with E-state index in [4.69, 9.17) is 14.7 Å². The van der Waals surface area contributed by atoms with E-state index in [0.717, 1.165) is 5.56 Å². The van der Waals surface area contributed by atoms with E-state index in [1.165, 1.54) is 31.4 Å². The number of carbonyl (C=O) groups excluding carboxylic acids is 2. The molecule has 9 nitrogen and oxygen atoms in total. The lowest BCUT2D eigenvalue weighted by Gasteiger charge is -2.17. The molecule has 1 amide bonds. The van der Waals surface area contributed by atoms with Crippen LogP contribution in [0.3, 0.4) is 0 Å². The molecule has 1 unspecified atom stereocenters. The molecule has 0 saturated heterocycles. The van der Waals surface area contributed by atoms with E-state index < -0.39 is 27.9 Å². The van der Waals surface area contributed by atoms with Gasteiger partial charge in [-0.25, -0.2) is 13.9 Å². The van der Waals surface area contributed by atoms with Crippen molar-refractivity contribution >= 4 is 21.9 Å². The SMILES string of the molecule is COC(=O)C(Cc1ccc(Oc2cccc(C(=O)NO)c2)cc1)NS(=O)(=O)c1ccc(C)cc1. The van der Waals surface area contributed by atoms with Crippen LogP contribution in [0.15, 0.2) is 77.7 Å². The Morgan fingerprint density at radius 2 is 1.65 bits per heavy atom. The molecule has 3 rings (SSSR count). The predicted molar refractivity (Wildman–Crippen MR) is 123 cm³/mol. The van der Waals surface area contributed by atoms with E-state index >= 15 is 0 Å². The second kappa shape index (κ2) is 10.9. The third kappa shape index (κ3) is 6.41. The smallest absolute Gasteiger partial charge is 0.324 e. The van der Waals surface area contributed by atoms with E-state index in [2.05, 4.69) is 4.72 Å². The maximum atomic E-state index is 12.7. The number of benzene rings is 3. The Morgan fingerprint density at radius 3 is 2.26 bits per heavy atom. The summed E-state index contributed by atoms with van der Waals surface area (Å²) in [7, 11) is -2.75. The first kappa shape index (κ1) is 24.9. The van der Waals surface area contributed by atoms with Crippen molar-refractivity contribution in [2.75, 3.05) is 7.11 Å². The van der Waals surface area contributed by atoms with Gasteiger partial charge in [0.15, 0.2) is 0 Å². The Labute approximate surface area is 197 Å². The summed E-state index contributed by atoms with van der Waals surface area (Å²) >= 11 is 0. The van der Waals surface area contributed by atoms with Crippen molar-refractivity contribution in [3.8, 4) is 11.5 Å². The fourth-order valence-corrected chi connectivity index (χ4v) is 4.30. The van der Waals surface area contributed by atoms with Crippen molar-refractivity contribution in [2.24, 2.45) is 0 Å². The minimum absolute atomic E-state index is 0.0489. The topological polar surface area (TPSA) is 131 Å². The van der Waals surface area contributed by atoms with Crippen LogP contribution in [0.1, 0.15) is 21.5 Å². The zero-order chi connectivity index (χ0) is 24.7. The molecule has 0 aliphatic rings. The lowest BCUT2D eigenvalue weighted by Crippen LogP contribution is -2.42. The maximum absolute atomic E-state index is 12.7. The van der Waals surface area contributed by atoms with Gasteiger partial charge in [0.05, 0.1) is 12.0 Å². The van der Waals surface area contributed by atoms with Crippen molar-refractivity contribution in [1.29, 1.82) is 0 Å². The van der Waals surface area contributed by atoms with Crippen LogP contribution < -0.4 is 14.9 Å². The summed E-state index contributed by atoms with van der Waals surface area (Å²) in [5.74, 6) is -0.537. The minimum Gasteiger partial charge on any atom is -0.468 e. The molecule has 0 aromatic heterocycles. The number of carbonyl (C=O) groups is 2. The van der Waals surface area contributed by atoms with Gasteiger partial charge in [-0.3, -0.25) is 14.8 Å². The molecule has 0 heterocycles. The third-order valence-electron chi connectivity index (χ3n) is 4.91. The highest BCUT2D eigenvalue weighted by Gasteiger charge is 2.26. The van der Waals surface area contributed by atoms with E-state index in [0.29, 0.717) is 17.1 Å². The Kier molecular flexibility index (Phi) is 8.00. The van der Waals surface area contributed by atoms with E-state index in [9.17, 15) is 18.0 Å². The minimum atomic E-state index is -3.94. The van der Waals surface area contributed by atoms with Gasteiger partial charge in [0, 0.05) is 5.56 Å². The molecule has 0 saturated carbocycles. The van der Waals surface area contributed by atoms with Crippen molar-refractivity contribution in [3.63, 3.8) is 0 Å². The molecule has 34 heavy (non-hydrogen) atoms. The molecule has 1 atom stereocenters. The van der Waals surface area contributed by atoms with Gasteiger partial charge in [-0.15, -0.1) is 0 Å². The molecule has 0 fully saturated rings. The lowest BCUT2D eigenvalue weighted by atomic mass is 10.1. The zero-order valence-corrected chi connectivity index (χ0v) is 19.3. The summed E-state index contributed by atoms with van der Waals surface area (Å²) in [6.07, 6.45) is 0.0597. The fraction of sp³-hybridized carbons (Fsp3) is 0.167.